The molecule has 0 bridgehead atoms. The molecular formula is C22H42O4Si. The molecule has 4 nitrogen and oxygen atoms in total. The molecule has 0 aromatic carbocycles. The van der Waals surface area contributed by atoms with Crippen molar-refractivity contribution >= 4 is 8.32 Å². The highest BCUT2D eigenvalue weighted by Crippen LogP contribution is 2.60. The lowest BCUT2D eigenvalue weighted by molar-refractivity contribution is -0.272. The summed E-state index contributed by atoms with van der Waals surface area (Å²) in [6.45, 7) is 15.3. The fourth-order valence-corrected chi connectivity index (χ4v) is 6.61. The van der Waals surface area contributed by atoms with Crippen LogP contribution in [-0.4, -0.2) is 44.6 Å². The van der Waals surface area contributed by atoms with Crippen molar-refractivity contribution in [2.24, 2.45) is 17.8 Å². The van der Waals surface area contributed by atoms with E-state index in [-0.39, 0.29) is 16.9 Å². The van der Waals surface area contributed by atoms with Crippen LogP contribution in [0, 0.1) is 17.8 Å². The van der Waals surface area contributed by atoms with E-state index in [0.29, 0.717) is 37.1 Å². The van der Waals surface area contributed by atoms with E-state index in [1.54, 1.807) is 0 Å². The predicted molar refractivity (Wildman–Crippen MR) is 111 cm³/mol. The van der Waals surface area contributed by atoms with Crippen LogP contribution in [0.25, 0.3) is 0 Å². The zero-order chi connectivity index (χ0) is 19.9. The predicted octanol–water partition coefficient (Wildman–Crippen LogP) is 5.11. The summed E-state index contributed by atoms with van der Waals surface area (Å²) in [4.78, 5) is 0. The molecule has 1 aliphatic heterocycles. The van der Waals surface area contributed by atoms with Gasteiger partial charge in [0, 0.05) is 18.4 Å². The summed E-state index contributed by atoms with van der Waals surface area (Å²) in [5.74, 6) is 1.01. The van der Waals surface area contributed by atoms with E-state index >= 15 is 0 Å². The number of rotatable bonds is 8. The topological polar surface area (TPSA) is 47.9 Å². The molecule has 1 saturated heterocycles. The number of aliphatic hydroxyl groups is 1. The minimum Gasteiger partial charge on any atom is -0.414 e. The van der Waals surface area contributed by atoms with Crippen molar-refractivity contribution in [2.45, 2.75) is 109 Å². The SMILES string of the molecule is CCCCC(CCC1C(O)CC2C1CC21OCCO1)O[Si](C)(C)C(C)(C)C. The Bertz CT molecular complexity index is 495. The lowest BCUT2D eigenvalue weighted by atomic mass is 9.66. The van der Waals surface area contributed by atoms with Crippen molar-refractivity contribution in [3.8, 4) is 0 Å². The number of hydrogen-bond donors (Lipinski definition) is 1. The number of hydrogen-bond acceptors (Lipinski definition) is 4. The summed E-state index contributed by atoms with van der Waals surface area (Å²) in [6.07, 6.45) is 7.69. The van der Waals surface area contributed by atoms with Crippen LogP contribution in [0.15, 0.2) is 0 Å². The van der Waals surface area contributed by atoms with Crippen molar-refractivity contribution < 1.29 is 19.0 Å². The third-order valence-corrected chi connectivity index (χ3v) is 12.4. The van der Waals surface area contributed by atoms with E-state index in [0.717, 1.165) is 32.1 Å². The second-order valence-corrected chi connectivity index (χ2v) is 15.4. The van der Waals surface area contributed by atoms with Crippen LogP contribution in [-0.2, 0) is 13.9 Å². The molecule has 5 heteroatoms. The first kappa shape index (κ1) is 21.8. The van der Waals surface area contributed by atoms with E-state index in [1.807, 2.05) is 0 Å². The summed E-state index contributed by atoms with van der Waals surface area (Å²) < 4.78 is 18.6. The standard InChI is InChI=1S/C22H42O4Si/c1-7-8-9-16(26-27(5,6)21(2,3)4)10-11-17-18-15-22(24-12-13-25-22)19(18)14-20(17)23/h16-20,23H,7-15H2,1-6H3. The number of ether oxygens (including phenoxy) is 2. The number of aliphatic hydroxyl groups excluding tert-OH is 1. The Morgan fingerprint density at radius 3 is 2.44 bits per heavy atom. The van der Waals surface area contributed by atoms with E-state index in [2.05, 4.69) is 40.8 Å². The molecule has 3 rings (SSSR count). The Balaban J connectivity index is 1.57. The van der Waals surface area contributed by atoms with Gasteiger partial charge in [0.2, 0.25) is 0 Å². The fraction of sp³-hybridized carbons (Fsp3) is 1.00. The van der Waals surface area contributed by atoms with Crippen LogP contribution in [0.5, 0.6) is 0 Å². The van der Waals surface area contributed by atoms with Crippen LogP contribution < -0.4 is 0 Å². The Hall–Kier alpha value is 0.0569. The summed E-state index contributed by atoms with van der Waals surface area (Å²) >= 11 is 0. The van der Waals surface area contributed by atoms with Crippen LogP contribution in [0.4, 0.5) is 0 Å². The van der Waals surface area contributed by atoms with Gasteiger partial charge >= 0.3 is 0 Å². The summed E-state index contributed by atoms with van der Waals surface area (Å²) in [6, 6.07) is 0. The molecule has 158 valence electrons. The molecule has 2 saturated carbocycles. The lowest BCUT2D eigenvalue weighted by Gasteiger charge is -2.49. The minimum absolute atomic E-state index is 0.202. The first-order chi connectivity index (χ1) is 12.6. The molecule has 27 heavy (non-hydrogen) atoms. The monoisotopic (exact) mass is 398 g/mol. The third kappa shape index (κ3) is 4.32. The van der Waals surface area contributed by atoms with Gasteiger partial charge < -0.3 is 19.0 Å². The Kier molecular flexibility index (Phi) is 6.49. The first-order valence-electron chi connectivity index (χ1n) is 11.2. The van der Waals surface area contributed by atoms with Gasteiger partial charge in [-0.2, -0.15) is 0 Å². The second kappa shape index (κ2) is 8.06. The molecular weight excluding hydrogens is 356 g/mol. The maximum Gasteiger partial charge on any atom is 0.192 e. The Labute approximate surface area is 167 Å². The van der Waals surface area contributed by atoms with E-state index in [4.69, 9.17) is 13.9 Å². The summed E-state index contributed by atoms with van der Waals surface area (Å²) in [5.41, 5.74) is 0. The molecule has 1 heterocycles. The highest BCUT2D eigenvalue weighted by molar-refractivity contribution is 6.74. The Morgan fingerprint density at radius 1 is 1.19 bits per heavy atom. The molecule has 2 aliphatic carbocycles. The molecule has 0 radical (unpaired) electrons. The molecule has 3 aliphatic rings. The van der Waals surface area contributed by atoms with Crippen molar-refractivity contribution in [2.75, 3.05) is 13.2 Å². The molecule has 3 fully saturated rings. The molecule has 1 spiro atoms. The second-order valence-electron chi connectivity index (χ2n) is 10.7. The van der Waals surface area contributed by atoms with Gasteiger partial charge in [-0.15, -0.1) is 0 Å². The van der Waals surface area contributed by atoms with Gasteiger partial charge in [0.25, 0.3) is 0 Å². The van der Waals surface area contributed by atoms with Gasteiger partial charge in [-0.3, -0.25) is 0 Å². The average molecular weight is 399 g/mol. The Morgan fingerprint density at radius 2 is 1.85 bits per heavy atom. The van der Waals surface area contributed by atoms with Crippen LogP contribution in [0.1, 0.15) is 72.6 Å². The van der Waals surface area contributed by atoms with Gasteiger partial charge in [0.15, 0.2) is 14.1 Å². The maximum absolute atomic E-state index is 10.7. The summed E-state index contributed by atoms with van der Waals surface area (Å²) in [7, 11) is -1.76. The third-order valence-electron chi connectivity index (χ3n) is 7.89. The van der Waals surface area contributed by atoms with Crippen LogP contribution in [0.3, 0.4) is 0 Å². The molecule has 0 amide bonds. The van der Waals surface area contributed by atoms with Gasteiger partial charge in [-0.25, -0.2) is 0 Å². The van der Waals surface area contributed by atoms with Crippen molar-refractivity contribution in [1.82, 2.24) is 0 Å². The van der Waals surface area contributed by atoms with Crippen molar-refractivity contribution in [3.05, 3.63) is 0 Å². The number of unbranched alkanes of at least 4 members (excludes halogenated alkanes) is 1. The molecule has 0 aromatic heterocycles. The molecule has 1 N–H and O–H groups in total. The molecule has 0 aromatic rings. The van der Waals surface area contributed by atoms with E-state index < -0.39 is 8.32 Å². The minimum atomic E-state index is -1.76. The van der Waals surface area contributed by atoms with Crippen molar-refractivity contribution in [3.63, 3.8) is 0 Å². The summed E-state index contributed by atoms with van der Waals surface area (Å²) in [5, 5.41) is 11.0. The number of fused-ring (bicyclic) bond motifs is 2. The van der Waals surface area contributed by atoms with Crippen molar-refractivity contribution in [1.29, 1.82) is 0 Å². The molecule has 5 atom stereocenters. The maximum atomic E-state index is 10.7. The smallest absolute Gasteiger partial charge is 0.192 e. The van der Waals surface area contributed by atoms with Crippen LogP contribution in [0.2, 0.25) is 18.1 Å². The van der Waals surface area contributed by atoms with Gasteiger partial charge in [0.05, 0.1) is 19.3 Å². The van der Waals surface area contributed by atoms with Gasteiger partial charge in [-0.05, 0) is 55.7 Å². The lowest BCUT2D eigenvalue weighted by Crippen LogP contribution is -2.54. The van der Waals surface area contributed by atoms with E-state index in [9.17, 15) is 5.11 Å². The quantitative estimate of drug-likeness (QED) is 0.577. The fourth-order valence-electron chi connectivity index (χ4n) is 5.19. The van der Waals surface area contributed by atoms with Gasteiger partial charge in [0.1, 0.15) is 0 Å². The zero-order valence-corrected chi connectivity index (χ0v) is 19.4. The van der Waals surface area contributed by atoms with Crippen LogP contribution >= 0.6 is 0 Å². The van der Waals surface area contributed by atoms with E-state index in [1.165, 1.54) is 12.8 Å². The normalized spacial score (nSPS) is 33.9. The first-order valence-corrected chi connectivity index (χ1v) is 14.1. The zero-order valence-electron chi connectivity index (χ0n) is 18.4. The highest BCUT2D eigenvalue weighted by Gasteiger charge is 2.64. The average Bonchev–Trinajstić information content (AvgIpc) is 3.15. The van der Waals surface area contributed by atoms with Gasteiger partial charge in [-0.1, -0.05) is 40.5 Å². The molecule has 5 unspecified atom stereocenters. The highest BCUT2D eigenvalue weighted by atomic mass is 28.4. The largest absolute Gasteiger partial charge is 0.414 e.